The Hall–Kier alpha value is -2.69. The van der Waals surface area contributed by atoms with E-state index in [9.17, 15) is 14.0 Å². The number of anilines is 1. The first-order valence-electron chi connectivity index (χ1n) is 9.06. The topological polar surface area (TPSA) is 49.4 Å². The Balaban J connectivity index is 1.47. The summed E-state index contributed by atoms with van der Waals surface area (Å²) >= 11 is 0. The molecule has 1 aliphatic carbocycles. The van der Waals surface area contributed by atoms with Crippen LogP contribution in [0.4, 0.5) is 10.1 Å². The third-order valence-electron chi connectivity index (χ3n) is 5.32. The van der Waals surface area contributed by atoms with Gasteiger partial charge >= 0.3 is 0 Å². The fourth-order valence-corrected chi connectivity index (χ4v) is 3.98. The maximum Gasteiger partial charge on any atom is 0.227 e. The van der Waals surface area contributed by atoms with E-state index in [1.54, 1.807) is 18.2 Å². The molecule has 26 heavy (non-hydrogen) atoms. The minimum atomic E-state index is -0.448. The molecule has 2 amide bonds. The van der Waals surface area contributed by atoms with Gasteiger partial charge in [-0.25, -0.2) is 4.39 Å². The van der Waals surface area contributed by atoms with Crippen LogP contribution in [0.15, 0.2) is 48.5 Å². The molecule has 2 aliphatic rings. The summed E-state index contributed by atoms with van der Waals surface area (Å²) < 4.78 is 14.0. The molecule has 4 rings (SSSR count). The Morgan fingerprint density at radius 2 is 1.88 bits per heavy atom. The summed E-state index contributed by atoms with van der Waals surface area (Å²) in [6, 6.07) is 14.3. The molecule has 1 heterocycles. The maximum atomic E-state index is 14.0. The number of nitrogens with one attached hydrogen (secondary N) is 1. The van der Waals surface area contributed by atoms with E-state index in [0.29, 0.717) is 0 Å². The van der Waals surface area contributed by atoms with Crippen molar-refractivity contribution in [3.05, 3.63) is 65.5 Å². The van der Waals surface area contributed by atoms with Crippen molar-refractivity contribution in [2.75, 3.05) is 11.4 Å². The zero-order valence-corrected chi connectivity index (χ0v) is 14.5. The number of aryl methyl sites for hydroxylation is 1. The maximum absolute atomic E-state index is 14.0. The molecule has 1 aliphatic heterocycles. The summed E-state index contributed by atoms with van der Waals surface area (Å²) in [5.74, 6) is -1.22. The molecule has 2 atom stereocenters. The lowest BCUT2D eigenvalue weighted by Gasteiger charge is -2.27. The number of rotatable bonds is 3. The molecule has 2 aromatic rings. The van der Waals surface area contributed by atoms with Gasteiger partial charge in [0.25, 0.3) is 0 Å². The van der Waals surface area contributed by atoms with E-state index >= 15 is 0 Å². The highest BCUT2D eigenvalue weighted by atomic mass is 19.1. The summed E-state index contributed by atoms with van der Waals surface area (Å²) in [5, 5.41) is 3.11. The first-order chi connectivity index (χ1) is 12.6. The van der Waals surface area contributed by atoms with Gasteiger partial charge in [0, 0.05) is 13.0 Å². The van der Waals surface area contributed by atoms with Gasteiger partial charge in [-0.1, -0.05) is 36.4 Å². The number of amides is 2. The average molecular weight is 352 g/mol. The van der Waals surface area contributed by atoms with Gasteiger partial charge in [0.05, 0.1) is 17.6 Å². The van der Waals surface area contributed by atoms with Gasteiger partial charge in [0.15, 0.2) is 0 Å². The summed E-state index contributed by atoms with van der Waals surface area (Å²) in [6.45, 7) is 0.222. The summed E-state index contributed by atoms with van der Waals surface area (Å²) in [7, 11) is 0. The van der Waals surface area contributed by atoms with E-state index < -0.39 is 11.7 Å². The van der Waals surface area contributed by atoms with Crippen LogP contribution in [-0.2, 0) is 16.0 Å². The molecular formula is C21H21FN2O2. The summed E-state index contributed by atoms with van der Waals surface area (Å²) in [6.07, 6.45) is 3.09. The van der Waals surface area contributed by atoms with Gasteiger partial charge in [-0.05, 0) is 42.5 Å². The van der Waals surface area contributed by atoms with E-state index in [-0.39, 0.29) is 36.5 Å². The van der Waals surface area contributed by atoms with Crippen LogP contribution < -0.4 is 10.2 Å². The van der Waals surface area contributed by atoms with Crippen LogP contribution in [0.3, 0.4) is 0 Å². The van der Waals surface area contributed by atoms with E-state index in [0.717, 1.165) is 19.3 Å². The molecule has 0 bridgehead atoms. The number of nitrogens with zero attached hydrogens (tertiary/aromatic N) is 1. The van der Waals surface area contributed by atoms with E-state index in [4.69, 9.17) is 0 Å². The molecule has 134 valence electrons. The van der Waals surface area contributed by atoms with Crippen molar-refractivity contribution in [2.24, 2.45) is 5.92 Å². The number of para-hydroxylation sites is 1. The lowest BCUT2D eigenvalue weighted by atomic mass is 9.87. The number of hydrogen-bond acceptors (Lipinski definition) is 2. The highest BCUT2D eigenvalue weighted by molar-refractivity contribution is 6.00. The van der Waals surface area contributed by atoms with E-state index in [1.165, 1.54) is 22.1 Å². The molecule has 2 aromatic carbocycles. The Bertz CT molecular complexity index is 851. The van der Waals surface area contributed by atoms with Crippen LogP contribution in [0.25, 0.3) is 0 Å². The second-order valence-electron chi connectivity index (χ2n) is 7.01. The van der Waals surface area contributed by atoms with Crippen LogP contribution >= 0.6 is 0 Å². The average Bonchev–Trinajstić information content (AvgIpc) is 3.04. The molecule has 1 N–H and O–H groups in total. The molecule has 4 nitrogen and oxygen atoms in total. The smallest absolute Gasteiger partial charge is 0.227 e. The Kier molecular flexibility index (Phi) is 4.45. The van der Waals surface area contributed by atoms with Crippen molar-refractivity contribution < 1.29 is 14.0 Å². The number of hydrogen-bond donors (Lipinski definition) is 1. The molecule has 0 radical (unpaired) electrons. The van der Waals surface area contributed by atoms with Crippen molar-refractivity contribution in [3.63, 3.8) is 0 Å². The number of carbonyl (C=O) groups excluding carboxylic acids is 2. The van der Waals surface area contributed by atoms with Gasteiger partial charge in [-0.2, -0.15) is 0 Å². The zero-order chi connectivity index (χ0) is 18.1. The molecule has 5 heteroatoms. The van der Waals surface area contributed by atoms with E-state index in [2.05, 4.69) is 17.4 Å². The first kappa shape index (κ1) is 16.8. The van der Waals surface area contributed by atoms with E-state index in [1.807, 2.05) is 12.1 Å². The second kappa shape index (κ2) is 6.90. The monoisotopic (exact) mass is 352 g/mol. The molecule has 2 unspecified atom stereocenters. The largest absolute Gasteiger partial charge is 0.349 e. The highest BCUT2D eigenvalue weighted by Gasteiger charge is 2.37. The molecule has 1 fully saturated rings. The van der Waals surface area contributed by atoms with Crippen LogP contribution in [-0.4, -0.2) is 18.4 Å². The number of halogens is 1. The summed E-state index contributed by atoms with van der Waals surface area (Å²) in [5.41, 5.74) is 2.69. The fourth-order valence-electron chi connectivity index (χ4n) is 3.98. The van der Waals surface area contributed by atoms with Crippen molar-refractivity contribution in [1.82, 2.24) is 5.32 Å². The Morgan fingerprint density at radius 3 is 2.73 bits per heavy atom. The highest BCUT2D eigenvalue weighted by Crippen LogP contribution is 2.31. The van der Waals surface area contributed by atoms with Gasteiger partial charge in [-0.15, -0.1) is 0 Å². The normalized spacial score (nSPS) is 22.2. The minimum absolute atomic E-state index is 0.00920. The number of carbonyl (C=O) groups is 2. The third kappa shape index (κ3) is 3.09. The number of fused-ring (bicyclic) bond motifs is 1. The van der Waals surface area contributed by atoms with Gasteiger partial charge in [0.2, 0.25) is 11.8 Å². The fraction of sp³-hybridized carbons (Fsp3) is 0.333. The standard InChI is InChI=1S/C21H21FN2O2/c22-17-9-3-4-11-19(17)24-13-15(12-20(24)25)21(26)23-18-10-5-7-14-6-1-2-8-16(14)18/h1-4,6,8-9,11,15,18H,5,7,10,12-13H2,(H,23,26). The van der Waals surface area contributed by atoms with Crippen LogP contribution in [0.1, 0.15) is 36.4 Å². The van der Waals surface area contributed by atoms with Gasteiger partial charge in [0.1, 0.15) is 5.82 Å². The number of benzene rings is 2. The minimum Gasteiger partial charge on any atom is -0.349 e. The molecule has 0 aromatic heterocycles. The van der Waals surface area contributed by atoms with Crippen molar-refractivity contribution >= 4 is 17.5 Å². The van der Waals surface area contributed by atoms with Gasteiger partial charge < -0.3 is 10.2 Å². The quantitative estimate of drug-likeness (QED) is 0.921. The van der Waals surface area contributed by atoms with Crippen LogP contribution in [0, 0.1) is 11.7 Å². The molecule has 0 spiro atoms. The Labute approximate surface area is 152 Å². The predicted octanol–water partition coefficient (Wildman–Crippen LogP) is 3.37. The zero-order valence-electron chi connectivity index (χ0n) is 14.5. The predicted molar refractivity (Wildman–Crippen MR) is 97.1 cm³/mol. The lowest BCUT2D eigenvalue weighted by molar-refractivity contribution is -0.127. The summed E-state index contributed by atoms with van der Waals surface area (Å²) in [4.78, 5) is 26.4. The lowest BCUT2D eigenvalue weighted by Crippen LogP contribution is -2.37. The van der Waals surface area contributed by atoms with Gasteiger partial charge in [-0.3, -0.25) is 9.59 Å². The second-order valence-corrected chi connectivity index (χ2v) is 7.01. The Morgan fingerprint density at radius 1 is 1.12 bits per heavy atom. The van der Waals surface area contributed by atoms with Crippen molar-refractivity contribution in [1.29, 1.82) is 0 Å². The first-order valence-corrected chi connectivity index (χ1v) is 9.06. The van der Waals surface area contributed by atoms with Crippen LogP contribution in [0.5, 0.6) is 0 Å². The van der Waals surface area contributed by atoms with Crippen LogP contribution in [0.2, 0.25) is 0 Å². The van der Waals surface area contributed by atoms with Crippen molar-refractivity contribution in [2.45, 2.75) is 31.7 Å². The molecule has 1 saturated heterocycles. The third-order valence-corrected chi connectivity index (χ3v) is 5.32. The molecular weight excluding hydrogens is 331 g/mol. The molecule has 0 saturated carbocycles. The SMILES string of the molecule is O=C(NC1CCCc2ccccc21)C1CC(=O)N(c2ccccc2F)C1. The van der Waals surface area contributed by atoms with Crippen molar-refractivity contribution in [3.8, 4) is 0 Å².